The predicted molar refractivity (Wildman–Crippen MR) is 138 cm³/mol. The fourth-order valence-electron chi connectivity index (χ4n) is 4.11. The SMILES string of the molecule is NCC(=O)N[C@@]1(N)[C@@H](O)C[C@@](O)(C(=O)O)O[C@H]1[C@H](O)[C@H](O)CO.Nc1ccn([C@@H]2O[C@H](COP(=O)(O)O)[C@@H](O)[C@H]2O)c(=O)n1. The van der Waals surface area contributed by atoms with Crippen molar-refractivity contribution in [3.8, 4) is 0 Å². The third-order valence-corrected chi connectivity index (χ3v) is 6.94. The van der Waals surface area contributed by atoms with Gasteiger partial charge in [0.05, 0.1) is 25.9 Å². The van der Waals surface area contributed by atoms with Crippen LogP contribution >= 0.6 is 7.82 Å². The number of carbonyl (C=O) groups excluding carboxylic acids is 1. The molecule has 0 saturated carbocycles. The lowest BCUT2D eigenvalue weighted by Crippen LogP contribution is -2.79. The van der Waals surface area contributed by atoms with Gasteiger partial charge in [0.15, 0.2) is 6.23 Å². The summed E-state index contributed by atoms with van der Waals surface area (Å²) in [6, 6.07) is 1.29. The Morgan fingerprint density at radius 3 is 2.36 bits per heavy atom. The number of nitrogens with one attached hydrogen (secondary N) is 1. The molecule has 0 bridgehead atoms. The number of nitrogens with two attached hydrogens (primary N) is 3. The van der Waals surface area contributed by atoms with E-state index in [1.54, 1.807) is 0 Å². The number of phosphoric ester groups is 1. The summed E-state index contributed by atoms with van der Waals surface area (Å²) >= 11 is 0. The van der Waals surface area contributed by atoms with Crippen molar-refractivity contribution in [3.63, 3.8) is 0 Å². The highest BCUT2D eigenvalue weighted by Crippen LogP contribution is 2.38. The highest BCUT2D eigenvalue weighted by molar-refractivity contribution is 7.46. The lowest BCUT2D eigenvalue weighted by atomic mass is 9.83. The standard InChI is InChI=1S/C11H21N3O9.C9H14N3O8P/c12-2-6(18)14-11(13)5(17)1-10(22,9(20)21)23-8(11)7(19)4(16)3-15;10-5-1-2-12(9(15)11-5)8-7(14)6(13)4(20-8)3-19-21(16,17)18/h4-5,7-8,15-17,19,22H,1-3,12-13H2,(H,14,18)(H,20,21);1-2,4,6-8,13-14H,3H2,(H2,10,11,15)(H2,16,17,18)/t4-,5+,7-,8+,10+,11+;4-,6-,7-,8-/m11/s1. The van der Waals surface area contributed by atoms with E-state index in [0.717, 1.165) is 4.57 Å². The zero-order valence-electron chi connectivity index (χ0n) is 22.5. The molecule has 0 aromatic carbocycles. The Morgan fingerprint density at radius 2 is 1.86 bits per heavy atom. The molecule has 1 aromatic heterocycles. The molecule has 1 amide bonds. The van der Waals surface area contributed by atoms with Gasteiger partial charge in [0.25, 0.3) is 5.79 Å². The number of aliphatic hydroxyl groups excluding tert-OH is 6. The van der Waals surface area contributed by atoms with E-state index in [1.807, 2.05) is 0 Å². The van der Waals surface area contributed by atoms with Gasteiger partial charge in [0, 0.05) is 12.6 Å². The molecule has 3 rings (SSSR count). The Bertz CT molecular complexity index is 1270. The van der Waals surface area contributed by atoms with Crippen molar-refractivity contribution in [2.75, 3.05) is 25.5 Å². The van der Waals surface area contributed by atoms with Crippen molar-refractivity contribution in [2.24, 2.45) is 11.5 Å². The summed E-state index contributed by atoms with van der Waals surface area (Å²) in [4.78, 5) is 54.9. The van der Waals surface area contributed by atoms with Gasteiger partial charge in [0.1, 0.15) is 48.1 Å². The van der Waals surface area contributed by atoms with Crippen molar-refractivity contribution in [1.82, 2.24) is 14.9 Å². The van der Waals surface area contributed by atoms with E-state index in [1.165, 1.54) is 12.3 Å². The summed E-state index contributed by atoms with van der Waals surface area (Å²) in [5.41, 5.74) is 13.2. The average molecular weight is 662 g/mol. The number of nitrogen functional groups attached to an aromatic ring is 1. The van der Waals surface area contributed by atoms with Gasteiger partial charge >= 0.3 is 19.5 Å². The molecule has 17 N–H and O–H groups in total. The molecule has 2 saturated heterocycles. The third kappa shape index (κ3) is 8.72. The molecule has 0 aliphatic carbocycles. The number of hydrogen-bond donors (Lipinski definition) is 14. The number of aliphatic hydroxyl groups is 7. The van der Waals surface area contributed by atoms with Gasteiger partial charge < -0.3 is 82.6 Å². The fourth-order valence-corrected chi connectivity index (χ4v) is 4.45. The highest BCUT2D eigenvalue weighted by atomic mass is 31.2. The van der Waals surface area contributed by atoms with Gasteiger partial charge in [-0.05, 0) is 6.07 Å². The van der Waals surface area contributed by atoms with Crippen LogP contribution in [0.4, 0.5) is 5.82 Å². The van der Waals surface area contributed by atoms with Crippen LogP contribution in [-0.4, -0.2) is 146 Å². The highest BCUT2D eigenvalue weighted by Gasteiger charge is 2.60. The lowest BCUT2D eigenvalue weighted by Gasteiger charge is -2.50. The Hall–Kier alpha value is -2.71. The van der Waals surface area contributed by atoms with Crippen LogP contribution in [0.1, 0.15) is 12.6 Å². The number of hydrogen-bond acceptors (Lipinski definition) is 18. The molecule has 2 aliphatic rings. The topological polar surface area (TPSA) is 406 Å². The van der Waals surface area contributed by atoms with Crippen LogP contribution in [0.2, 0.25) is 0 Å². The third-order valence-electron chi connectivity index (χ3n) is 6.45. The van der Waals surface area contributed by atoms with Crippen LogP contribution in [0.3, 0.4) is 0 Å². The molecule has 0 unspecified atom stereocenters. The molecule has 44 heavy (non-hydrogen) atoms. The average Bonchev–Trinajstić information content (AvgIpc) is 3.21. The van der Waals surface area contributed by atoms with Crippen LogP contribution in [0.5, 0.6) is 0 Å². The molecule has 252 valence electrons. The smallest absolute Gasteiger partial charge is 0.469 e. The molecular weight excluding hydrogens is 627 g/mol. The van der Waals surface area contributed by atoms with Gasteiger partial charge in [-0.3, -0.25) is 13.9 Å². The molecule has 3 heterocycles. The Balaban J connectivity index is 0.000000308. The Morgan fingerprint density at radius 1 is 1.25 bits per heavy atom. The molecule has 1 aromatic rings. The molecule has 2 fully saturated rings. The quantitative estimate of drug-likeness (QED) is 0.0816. The van der Waals surface area contributed by atoms with Crippen LogP contribution in [-0.2, 0) is 28.2 Å². The van der Waals surface area contributed by atoms with Crippen LogP contribution in [0.25, 0.3) is 0 Å². The number of aliphatic carboxylic acids is 1. The van der Waals surface area contributed by atoms with Crippen molar-refractivity contribution >= 4 is 25.5 Å². The van der Waals surface area contributed by atoms with Crippen molar-refractivity contribution in [3.05, 3.63) is 22.7 Å². The van der Waals surface area contributed by atoms with Gasteiger partial charge in [-0.1, -0.05) is 0 Å². The van der Waals surface area contributed by atoms with Crippen molar-refractivity contribution < 1.29 is 78.8 Å². The summed E-state index contributed by atoms with van der Waals surface area (Å²) in [7, 11) is -4.74. The fraction of sp³-hybridized carbons (Fsp3) is 0.700. The summed E-state index contributed by atoms with van der Waals surface area (Å²) in [5, 5.41) is 79.0. The maximum absolute atomic E-state index is 11.6. The van der Waals surface area contributed by atoms with E-state index in [0.29, 0.717) is 0 Å². The second kappa shape index (κ2) is 14.6. The number of ether oxygens (including phenoxy) is 2. The maximum Gasteiger partial charge on any atom is 0.469 e. The zero-order chi connectivity index (χ0) is 33.8. The molecule has 24 heteroatoms. The summed E-state index contributed by atoms with van der Waals surface area (Å²) < 4.78 is 25.8. The molecular formula is C20H35N6O17P. The van der Waals surface area contributed by atoms with Gasteiger partial charge in [-0.25, -0.2) is 14.2 Å². The summed E-state index contributed by atoms with van der Waals surface area (Å²) in [5.74, 6) is -5.69. The van der Waals surface area contributed by atoms with Gasteiger partial charge in [-0.2, -0.15) is 4.98 Å². The molecule has 2 aliphatic heterocycles. The first kappa shape index (κ1) is 37.5. The van der Waals surface area contributed by atoms with E-state index in [9.17, 15) is 49.6 Å². The Labute approximate surface area is 246 Å². The number of amides is 1. The number of carboxylic acids is 1. The summed E-state index contributed by atoms with van der Waals surface area (Å²) in [6.45, 7) is -2.15. The number of nitrogens with zero attached hydrogens (tertiary/aromatic N) is 2. The van der Waals surface area contributed by atoms with E-state index < -0.39 is 112 Å². The van der Waals surface area contributed by atoms with Crippen LogP contribution < -0.4 is 28.2 Å². The number of phosphoric acid groups is 1. The maximum atomic E-state index is 11.6. The minimum absolute atomic E-state index is 0.0225. The second-order valence-corrected chi connectivity index (χ2v) is 10.9. The van der Waals surface area contributed by atoms with E-state index in [-0.39, 0.29) is 5.82 Å². The van der Waals surface area contributed by atoms with E-state index in [4.69, 9.17) is 46.7 Å². The van der Waals surface area contributed by atoms with E-state index >= 15 is 0 Å². The summed E-state index contributed by atoms with van der Waals surface area (Å²) in [6.07, 6.45) is -12.9. The van der Waals surface area contributed by atoms with Crippen molar-refractivity contribution in [2.45, 2.75) is 66.8 Å². The first-order valence-corrected chi connectivity index (χ1v) is 13.9. The largest absolute Gasteiger partial charge is 0.477 e. The van der Waals surface area contributed by atoms with Crippen LogP contribution in [0.15, 0.2) is 17.1 Å². The molecule has 23 nitrogen and oxygen atoms in total. The zero-order valence-corrected chi connectivity index (χ0v) is 23.4. The number of anilines is 1. The number of rotatable bonds is 10. The number of carboxylic acid groups (broad SMARTS) is 1. The molecule has 0 radical (unpaired) electrons. The molecule has 0 spiro atoms. The monoisotopic (exact) mass is 662 g/mol. The number of aromatic nitrogens is 2. The first-order valence-electron chi connectivity index (χ1n) is 12.4. The van der Waals surface area contributed by atoms with E-state index in [2.05, 4.69) is 14.8 Å². The predicted octanol–water partition coefficient (Wildman–Crippen LogP) is -8.09. The second-order valence-electron chi connectivity index (χ2n) is 9.65. The molecule has 10 atom stereocenters. The van der Waals surface area contributed by atoms with Gasteiger partial charge in [0.2, 0.25) is 5.91 Å². The minimum Gasteiger partial charge on any atom is -0.477 e. The van der Waals surface area contributed by atoms with Gasteiger partial charge in [-0.15, -0.1) is 0 Å². The van der Waals surface area contributed by atoms with Crippen molar-refractivity contribution in [1.29, 1.82) is 0 Å². The Kier molecular flexibility index (Phi) is 12.4. The lowest BCUT2D eigenvalue weighted by molar-refractivity contribution is -0.311. The normalized spacial score (nSPS) is 33.5. The minimum atomic E-state index is -4.74. The first-order chi connectivity index (χ1) is 20.2. The number of carbonyl (C=O) groups is 2. The van der Waals surface area contributed by atoms with Crippen LogP contribution in [0, 0.1) is 0 Å².